The predicted octanol–water partition coefficient (Wildman–Crippen LogP) is 3.71. The lowest BCUT2D eigenvalue weighted by Crippen LogP contribution is -2.13. The molecule has 0 aliphatic carbocycles. The number of para-hydroxylation sites is 2. The summed E-state index contributed by atoms with van der Waals surface area (Å²) >= 11 is 1.74. The maximum atomic E-state index is 4.70. The van der Waals surface area contributed by atoms with Crippen LogP contribution in [-0.2, 0) is 7.05 Å². The minimum Gasteiger partial charge on any atom is -0.313 e. The van der Waals surface area contributed by atoms with E-state index in [1.165, 1.54) is 10.6 Å². The molecule has 0 atom stereocenters. The zero-order valence-electron chi connectivity index (χ0n) is 10.7. The average molecular weight is 257 g/mol. The minimum absolute atomic E-state index is 0.974. The lowest BCUT2D eigenvalue weighted by molar-refractivity contribution is 0.912. The number of hydrogen-bond acceptors (Lipinski definition) is 3. The van der Waals surface area contributed by atoms with Crippen molar-refractivity contribution in [2.24, 2.45) is 7.05 Å². The van der Waals surface area contributed by atoms with Gasteiger partial charge < -0.3 is 9.47 Å². The molecule has 3 nitrogen and oxygen atoms in total. The Morgan fingerprint density at radius 2 is 2.00 bits per heavy atom. The van der Waals surface area contributed by atoms with Crippen molar-refractivity contribution < 1.29 is 0 Å². The second-order valence-electron chi connectivity index (χ2n) is 4.43. The third-order valence-corrected chi connectivity index (χ3v) is 4.29. The third kappa shape index (κ3) is 1.61. The van der Waals surface area contributed by atoms with E-state index in [2.05, 4.69) is 48.0 Å². The van der Waals surface area contributed by atoms with Crippen LogP contribution < -0.4 is 4.90 Å². The van der Waals surface area contributed by atoms with Gasteiger partial charge in [0.2, 0.25) is 5.95 Å². The summed E-state index contributed by atoms with van der Waals surface area (Å²) in [6.07, 6.45) is 0. The molecule has 0 amide bonds. The molecule has 0 fully saturated rings. The highest BCUT2D eigenvalue weighted by atomic mass is 32.1. The molecule has 0 saturated carbocycles. The molecule has 92 valence electrons. The molecule has 0 aliphatic heterocycles. The largest absolute Gasteiger partial charge is 0.313 e. The molecule has 1 aromatic carbocycles. The van der Waals surface area contributed by atoms with Crippen LogP contribution in [-0.4, -0.2) is 16.6 Å². The summed E-state index contributed by atoms with van der Waals surface area (Å²) in [6, 6.07) is 10.4. The molecule has 0 unspecified atom stereocenters. The monoisotopic (exact) mass is 257 g/mol. The molecule has 4 heteroatoms. The second-order valence-corrected chi connectivity index (χ2v) is 5.32. The van der Waals surface area contributed by atoms with Gasteiger partial charge in [-0.15, -0.1) is 11.3 Å². The summed E-state index contributed by atoms with van der Waals surface area (Å²) < 4.78 is 2.13. The quantitative estimate of drug-likeness (QED) is 0.698. The van der Waals surface area contributed by atoms with E-state index in [9.17, 15) is 0 Å². The van der Waals surface area contributed by atoms with Gasteiger partial charge in [0, 0.05) is 14.1 Å². The highest BCUT2D eigenvalue weighted by Crippen LogP contribution is 2.32. The summed E-state index contributed by atoms with van der Waals surface area (Å²) in [5.41, 5.74) is 3.49. The zero-order valence-corrected chi connectivity index (χ0v) is 11.5. The molecule has 0 aliphatic rings. The van der Waals surface area contributed by atoms with Crippen molar-refractivity contribution in [3.05, 3.63) is 41.3 Å². The zero-order chi connectivity index (χ0) is 12.7. The van der Waals surface area contributed by atoms with E-state index in [0.717, 1.165) is 17.0 Å². The number of nitrogens with zero attached hydrogens (tertiary/aromatic N) is 3. The lowest BCUT2D eigenvalue weighted by atomic mass is 10.3. The van der Waals surface area contributed by atoms with Crippen molar-refractivity contribution in [3.8, 4) is 0 Å². The van der Waals surface area contributed by atoms with Crippen molar-refractivity contribution in [3.63, 3.8) is 0 Å². The topological polar surface area (TPSA) is 21.1 Å². The van der Waals surface area contributed by atoms with Crippen LogP contribution in [0, 0.1) is 6.92 Å². The fourth-order valence-electron chi connectivity index (χ4n) is 2.23. The normalized spacial score (nSPS) is 11.1. The van der Waals surface area contributed by atoms with E-state index in [-0.39, 0.29) is 0 Å². The van der Waals surface area contributed by atoms with Gasteiger partial charge in [0.05, 0.1) is 11.0 Å². The van der Waals surface area contributed by atoms with Crippen LogP contribution in [0.5, 0.6) is 0 Å². The Hall–Kier alpha value is -1.81. The standard InChI is InChI=1S/C14H15N3S/c1-10-8-9-18-13(10)17(3)14-15-11-6-4-5-7-12(11)16(14)2/h4-9H,1-3H3. The fourth-order valence-corrected chi connectivity index (χ4v) is 3.13. The number of anilines is 2. The van der Waals surface area contributed by atoms with E-state index in [1.54, 1.807) is 11.3 Å². The Morgan fingerprint density at radius 3 is 2.67 bits per heavy atom. The Kier molecular flexibility index (Phi) is 2.59. The Balaban J connectivity index is 2.15. The van der Waals surface area contributed by atoms with Gasteiger partial charge in [-0.05, 0) is 36.1 Å². The van der Waals surface area contributed by atoms with E-state index in [0.29, 0.717) is 0 Å². The van der Waals surface area contributed by atoms with Crippen LogP contribution in [0.15, 0.2) is 35.7 Å². The van der Waals surface area contributed by atoms with Crippen LogP contribution >= 0.6 is 11.3 Å². The number of thiophene rings is 1. The molecule has 3 aromatic rings. The number of rotatable bonds is 2. The van der Waals surface area contributed by atoms with Crippen LogP contribution in [0.1, 0.15) is 5.56 Å². The summed E-state index contributed by atoms with van der Waals surface area (Å²) in [4.78, 5) is 6.86. The van der Waals surface area contributed by atoms with Crippen LogP contribution in [0.2, 0.25) is 0 Å². The molecule has 2 aromatic heterocycles. The highest BCUT2D eigenvalue weighted by molar-refractivity contribution is 7.14. The van der Waals surface area contributed by atoms with Crippen molar-refractivity contribution in [2.45, 2.75) is 6.92 Å². The Morgan fingerprint density at radius 1 is 1.22 bits per heavy atom. The van der Waals surface area contributed by atoms with Gasteiger partial charge in [-0.1, -0.05) is 12.1 Å². The smallest absolute Gasteiger partial charge is 0.211 e. The molecule has 0 radical (unpaired) electrons. The first-order chi connectivity index (χ1) is 8.68. The lowest BCUT2D eigenvalue weighted by Gasteiger charge is -2.17. The summed E-state index contributed by atoms with van der Waals surface area (Å²) in [6.45, 7) is 2.13. The van der Waals surface area contributed by atoms with Gasteiger partial charge in [0.1, 0.15) is 5.00 Å². The van der Waals surface area contributed by atoms with E-state index in [1.807, 2.05) is 18.2 Å². The number of fused-ring (bicyclic) bond motifs is 1. The van der Waals surface area contributed by atoms with Gasteiger partial charge in [0.15, 0.2) is 0 Å². The molecule has 0 saturated heterocycles. The summed E-state index contributed by atoms with van der Waals surface area (Å²) in [7, 11) is 4.13. The molecule has 0 N–H and O–H groups in total. The van der Waals surface area contributed by atoms with E-state index >= 15 is 0 Å². The molecular weight excluding hydrogens is 242 g/mol. The number of hydrogen-bond donors (Lipinski definition) is 0. The fraction of sp³-hybridized carbons (Fsp3) is 0.214. The third-order valence-electron chi connectivity index (χ3n) is 3.20. The molecule has 0 bridgehead atoms. The van der Waals surface area contributed by atoms with Gasteiger partial charge in [-0.3, -0.25) is 0 Å². The van der Waals surface area contributed by atoms with Gasteiger partial charge in [-0.2, -0.15) is 0 Å². The molecule has 0 spiro atoms. The van der Waals surface area contributed by atoms with Crippen LogP contribution in [0.3, 0.4) is 0 Å². The number of benzene rings is 1. The van der Waals surface area contributed by atoms with E-state index in [4.69, 9.17) is 4.98 Å². The maximum absolute atomic E-state index is 4.70. The van der Waals surface area contributed by atoms with Crippen molar-refractivity contribution in [1.29, 1.82) is 0 Å². The molecular formula is C14H15N3S. The molecule has 3 rings (SSSR count). The highest BCUT2D eigenvalue weighted by Gasteiger charge is 2.15. The first-order valence-electron chi connectivity index (χ1n) is 5.88. The molecule has 2 heterocycles. The predicted molar refractivity (Wildman–Crippen MR) is 77.8 cm³/mol. The average Bonchev–Trinajstić information content (AvgIpc) is 2.94. The number of imidazole rings is 1. The first-order valence-corrected chi connectivity index (χ1v) is 6.75. The van der Waals surface area contributed by atoms with E-state index < -0.39 is 0 Å². The van der Waals surface area contributed by atoms with Crippen molar-refractivity contribution in [2.75, 3.05) is 11.9 Å². The Labute approximate surface area is 110 Å². The minimum atomic E-state index is 0.974. The van der Waals surface area contributed by atoms with Gasteiger partial charge in [0.25, 0.3) is 0 Å². The maximum Gasteiger partial charge on any atom is 0.211 e. The first kappa shape index (κ1) is 11.3. The second kappa shape index (κ2) is 4.14. The molecule has 18 heavy (non-hydrogen) atoms. The van der Waals surface area contributed by atoms with Crippen LogP contribution in [0.25, 0.3) is 11.0 Å². The SMILES string of the molecule is Cc1ccsc1N(C)c1nc2ccccc2n1C. The van der Waals surface area contributed by atoms with Crippen molar-refractivity contribution >= 4 is 33.3 Å². The Bertz CT molecular complexity index is 696. The number of aromatic nitrogens is 2. The summed E-state index contributed by atoms with van der Waals surface area (Å²) in [5.74, 6) is 0.974. The van der Waals surface area contributed by atoms with Gasteiger partial charge in [-0.25, -0.2) is 4.98 Å². The summed E-state index contributed by atoms with van der Waals surface area (Å²) in [5, 5.41) is 3.36. The van der Waals surface area contributed by atoms with Gasteiger partial charge >= 0.3 is 0 Å². The number of aryl methyl sites for hydroxylation is 2. The van der Waals surface area contributed by atoms with Crippen molar-refractivity contribution in [1.82, 2.24) is 9.55 Å². The van der Waals surface area contributed by atoms with Crippen LogP contribution in [0.4, 0.5) is 10.9 Å².